The molecule has 0 spiro atoms. The van der Waals surface area contributed by atoms with Crippen molar-refractivity contribution in [3.05, 3.63) is 42.2 Å². The summed E-state index contributed by atoms with van der Waals surface area (Å²) in [6.45, 7) is 4.44. The number of carbonyl (C=O) groups is 1. The van der Waals surface area contributed by atoms with Gasteiger partial charge in [-0.05, 0) is 12.8 Å². The smallest absolute Gasteiger partial charge is 0.289 e. The zero-order valence-corrected chi connectivity index (χ0v) is 12.4. The maximum Gasteiger partial charge on any atom is 0.289 e. The van der Waals surface area contributed by atoms with Gasteiger partial charge in [-0.15, -0.1) is 0 Å². The minimum absolute atomic E-state index is 0.198. The van der Waals surface area contributed by atoms with E-state index in [2.05, 4.69) is 10.5 Å². The Labute approximate surface area is 124 Å². The number of nitrogens with two attached hydrogens (primary N) is 1. The van der Waals surface area contributed by atoms with Gasteiger partial charge in [0.15, 0.2) is 0 Å². The van der Waals surface area contributed by atoms with Crippen molar-refractivity contribution in [2.45, 2.75) is 32.2 Å². The fraction of sp³-hybridized carbons (Fsp3) is 0.375. The summed E-state index contributed by atoms with van der Waals surface area (Å²) in [5.74, 6) is -0.0928. The van der Waals surface area contributed by atoms with Crippen molar-refractivity contribution >= 4 is 5.91 Å². The summed E-state index contributed by atoms with van der Waals surface area (Å²) in [6.07, 6.45) is 1.60. The Morgan fingerprint density at radius 1 is 1.29 bits per heavy atom. The number of nitrogens with zero attached hydrogens (tertiary/aromatic N) is 1. The monoisotopic (exact) mass is 287 g/mol. The topological polar surface area (TPSA) is 81.1 Å². The Bertz CT molecular complexity index is 589. The second-order valence-corrected chi connectivity index (χ2v) is 5.19. The highest BCUT2D eigenvalue weighted by Gasteiger charge is 2.22. The quantitative estimate of drug-likeness (QED) is 0.855. The molecule has 0 atom stereocenters. The number of amides is 1. The van der Waals surface area contributed by atoms with Crippen LogP contribution in [0, 0.1) is 0 Å². The Morgan fingerprint density at radius 2 is 1.95 bits per heavy atom. The van der Waals surface area contributed by atoms with Gasteiger partial charge in [0.1, 0.15) is 5.69 Å². The lowest BCUT2D eigenvalue weighted by molar-refractivity contribution is 0.0905. The molecule has 1 heterocycles. The average molecular weight is 287 g/mol. The van der Waals surface area contributed by atoms with Crippen LogP contribution in [0.5, 0.6) is 0 Å². The van der Waals surface area contributed by atoms with Crippen LogP contribution in [0.1, 0.15) is 37.2 Å². The fourth-order valence-corrected chi connectivity index (χ4v) is 1.97. The van der Waals surface area contributed by atoms with Crippen LogP contribution in [0.25, 0.3) is 11.3 Å². The van der Waals surface area contributed by atoms with Crippen molar-refractivity contribution in [1.29, 1.82) is 0 Å². The van der Waals surface area contributed by atoms with Gasteiger partial charge in [-0.1, -0.05) is 49.3 Å². The lowest BCUT2D eigenvalue weighted by atomic mass is 9.94. The van der Waals surface area contributed by atoms with Gasteiger partial charge in [0.05, 0.1) is 0 Å². The summed E-state index contributed by atoms with van der Waals surface area (Å²) in [5, 5.41) is 6.73. The van der Waals surface area contributed by atoms with E-state index in [1.165, 1.54) is 0 Å². The molecule has 1 aromatic heterocycles. The fourth-order valence-electron chi connectivity index (χ4n) is 1.97. The van der Waals surface area contributed by atoms with Crippen molar-refractivity contribution in [3.8, 4) is 11.3 Å². The van der Waals surface area contributed by atoms with Gasteiger partial charge < -0.3 is 15.6 Å². The molecule has 0 aliphatic heterocycles. The maximum atomic E-state index is 12.1. The van der Waals surface area contributed by atoms with Crippen LogP contribution < -0.4 is 11.1 Å². The lowest BCUT2D eigenvalue weighted by Crippen LogP contribution is -2.49. The molecular formula is C16H21N3O2. The number of nitrogens with one attached hydrogen (secondary N) is 1. The van der Waals surface area contributed by atoms with E-state index in [0.29, 0.717) is 12.2 Å². The first kappa shape index (κ1) is 15.3. The number of carbonyl (C=O) groups excluding carboxylic acids is 1. The molecule has 0 bridgehead atoms. The summed E-state index contributed by atoms with van der Waals surface area (Å²) in [7, 11) is 0. The van der Waals surface area contributed by atoms with Crippen molar-refractivity contribution in [2.75, 3.05) is 6.54 Å². The normalized spacial score (nSPS) is 11.4. The van der Waals surface area contributed by atoms with Crippen LogP contribution in [0.2, 0.25) is 0 Å². The predicted octanol–water partition coefficient (Wildman–Crippen LogP) is 2.59. The molecule has 5 nitrogen and oxygen atoms in total. The molecule has 0 saturated carbocycles. The van der Waals surface area contributed by atoms with E-state index in [4.69, 9.17) is 10.3 Å². The molecule has 3 N–H and O–H groups in total. The molecule has 2 aromatic rings. The van der Waals surface area contributed by atoms with Crippen LogP contribution in [0.15, 0.2) is 40.9 Å². The SMILES string of the molecule is CCC(N)(CC)CNC(=O)c1cc(-c2ccccc2)no1. The molecule has 0 unspecified atom stereocenters. The van der Waals surface area contributed by atoms with E-state index >= 15 is 0 Å². The zero-order valence-electron chi connectivity index (χ0n) is 12.4. The molecule has 0 aliphatic carbocycles. The molecule has 2 rings (SSSR count). The van der Waals surface area contributed by atoms with Crippen LogP contribution in [0.4, 0.5) is 0 Å². The van der Waals surface area contributed by atoms with Crippen molar-refractivity contribution in [1.82, 2.24) is 10.5 Å². The van der Waals surface area contributed by atoms with E-state index < -0.39 is 0 Å². The summed E-state index contributed by atoms with van der Waals surface area (Å²) in [4.78, 5) is 12.1. The molecule has 0 fully saturated rings. The first-order valence-corrected chi connectivity index (χ1v) is 7.17. The van der Waals surface area contributed by atoms with Gasteiger partial charge in [0, 0.05) is 23.7 Å². The summed E-state index contributed by atoms with van der Waals surface area (Å²) < 4.78 is 5.11. The zero-order chi connectivity index (χ0) is 15.3. The third kappa shape index (κ3) is 3.70. The Hall–Kier alpha value is -2.14. The summed E-state index contributed by atoms with van der Waals surface area (Å²) in [5.41, 5.74) is 7.34. The molecular weight excluding hydrogens is 266 g/mol. The van der Waals surface area contributed by atoms with Crippen molar-refractivity contribution in [3.63, 3.8) is 0 Å². The van der Waals surface area contributed by atoms with Gasteiger partial charge in [0.2, 0.25) is 5.76 Å². The molecule has 5 heteroatoms. The lowest BCUT2D eigenvalue weighted by Gasteiger charge is -2.26. The summed E-state index contributed by atoms with van der Waals surface area (Å²) >= 11 is 0. The third-order valence-electron chi connectivity index (χ3n) is 3.81. The van der Waals surface area contributed by atoms with Crippen LogP contribution in [-0.4, -0.2) is 23.1 Å². The summed E-state index contributed by atoms with van der Waals surface area (Å²) in [6, 6.07) is 11.2. The van der Waals surface area contributed by atoms with Gasteiger partial charge in [0.25, 0.3) is 5.91 Å². The van der Waals surface area contributed by atoms with Crippen LogP contribution in [0.3, 0.4) is 0 Å². The highest BCUT2D eigenvalue weighted by Crippen LogP contribution is 2.18. The number of hydrogen-bond donors (Lipinski definition) is 2. The molecule has 1 aromatic carbocycles. The standard InChI is InChI=1S/C16H21N3O2/c1-3-16(17,4-2)11-18-15(20)14-10-13(19-21-14)12-8-6-5-7-9-12/h5-10H,3-4,11,17H2,1-2H3,(H,18,20). The molecule has 112 valence electrons. The maximum absolute atomic E-state index is 12.1. The van der Waals surface area contributed by atoms with E-state index in [-0.39, 0.29) is 17.2 Å². The van der Waals surface area contributed by atoms with E-state index in [1.54, 1.807) is 6.07 Å². The second-order valence-electron chi connectivity index (χ2n) is 5.19. The minimum atomic E-state index is -0.377. The van der Waals surface area contributed by atoms with Gasteiger partial charge in [-0.2, -0.15) is 0 Å². The van der Waals surface area contributed by atoms with Gasteiger partial charge in [-0.25, -0.2) is 0 Å². The third-order valence-corrected chi connectivity index (χ3v) is 3.81. The number of rotatable bonds is 6. The number of benzene rings is 1. The average Bonchev–Trinajstić information content (AvgIpc) is 3.03. The molecule has 0 saturated heterocycles. The molecule has 0 radical (unpaired) electrons. The first-order valence-electron chi connectivity index (χ1n) is 7.17. The van der Waals surface area contributed by atoms with Gasteiger partial charge >= 0.3 is 0 Å². The Kier molecular flexibility index (Phi) is 4.75. The number of hydrogen-bond acceptors (Lipinski definition) is 4. The highest BCUT2D eigenvalue weighted by atomic mass is 16.5. The first-order chi connectivity index (χ1) is 10.1. The Balaban J connectivity index is 2.03. The molecule has 0 aliphatic rings. The van der Waals surface area contributed by atoms with Gasteiger partial charge in [-0.3, -0.25) is 4.79 Å². The predicted molar refractivity (Wildman–Crippen MR) is 81.8 cm³/mol. The minimum Gasteiger partial charge on any atom is -0.350 e. The largest absolute Gasteiger partial charge is 0.350 e. The Morgan fingerprint density at radius 3 is 2.57 bits per heavy atom. The van der Waals surface area contributed by atoms with Crippen molar-refractivity contribution in [2.24, 2.45) is 5.73 Å². The van der Waals surface area contributed by atoms with E-state index in [9.17, 15) is 4.79 Å². The molecule has 1 amide bonds. The molecule has 21 heavy (non-hydrogen) atoms. The van der Waals surface area contributed by atoms with E-state index in [1.807, 2.05) is 44.2 Å². The van der Waals surface area contributed by atoms with E-state index in [0.717, 1.165) is 18.4 Å². The van der Waals surface area contributed by atoms with Crippen LogP contribution in [-0.2, 0) is 0 Å². The number of aromatic nitrogens is 1. The second kappa shape index (κ2) is 6.54. The van der Waals surface area contributed by atoms with Crippen molar-refractivity contribution < 1.29 is 9.32 Å². The van der Waals surface area contributed by atoms with Crippen LogP contribution >= 0.6 is 0 Å². The highest BCUT2D eigenvalue weighted by molar-refractivity contribution is 5.92.